The van der Waals surface area contributed by atoms with E-state index in [1.165, 1.54) is 4.90 Å². The minimum absolute atomic E-state index is 0.286. The summed E-state index contributed by atoms with van der Waals surface area (Å²) >= 11 is 1.14. The second-order valence-electron chi connectivity index (χ2n) is 5.34. The van der Waals surface area contributed by atoms with Crippen molar-refractivity contribution in [3.63, 3.8) is 0 Å². The van der Waals surface area contributed by atoms with Crippen LogP contribution in [0.2, 0.25) is 0 Å². The van der Waals surface area contributed by atoms with Gasteiger partial charge in [-0.25, -0.2) is 4.99 Å². The zero-order valence-electron chi connectivity index (χ0n) is 13.8. The molecule has 128 valence electrons. The molecule has 1 saturated heterocycles. The standard InChI is InChI=1S/C18H17N3O3S/c1-21-17(23)15(16(22)19-12-6-4-3-5-7-12)25-18(21)20-13-8-10-14(24-2)11-9-13/h3-11,15H,1-2H3,(H,19,22)/t15-/m1/s1. The molecule has 0 bridgehead atoms. The lowest BCUT2D eigenvalue weighted by molar-refractivity contribution is -0.129. The van der Waals surface area contributed by atoms with Crippen molar-refractivity contribution in [2.75, 3.05) is 19.5 Å². The normalized spacial score (nSPS) is 18.5. The third-order valence-corrected chi connectivity index (χ3v) is 4.87. The maximum atomic E-state index is 12.4. The van der Waals surface area contributed by atoms with Gasteiger partial charge in [0.2, 0.25) is 5.91 Å². The van der Waals surface area contributed by atoms with Gasteiger partial charge in [0.05, 0.1) is 12.8 Å². The summed E-state index contributed by atoms with van der Waals surface area (Å²) in [4.78, 5) is 30.6. The third kappa shape index (κ3) is 3.83. The Bertz CT molecular complexity index is 806. The molecule has 0 radical (unpaired) electrons. The van der Waals surface area contributed by atoms with Crippen LogP contribution in [0.4, 0.5) is 11.4 Å². The molecule has 0 aliphatic carbocycles. The number of aliphatic imine (C=N–C) groups is 1. The number of carbonyl (C=O) groups excluding carboxylic acids is 2. The Morgan fingerprint density at radius 1 is 1.16 bits per heavy atom. The smallest absolute Gasteiger partial charge is 0.251 e. The first-order chi connectivity index (χ1) is 12.1. The minimum Gasteiger partial charge on any atom is -0.497 e. The summed E-state index contributed by atoms with van der Waals surface area (Å²) in [5.41, 5.74) is 1.34. The van der Waals surface area contributed by atoms with Crippen molar-refractivity contribution in [1.82, 2.24) is 4.90 Å². The van der Waals surface area contributed by atoms with E-state index in [-0.39, 0.29) is 11.8 Å². The molecule has 2 aromatic rings. The van der Waals surface area contributed by atoms with Crippen LogP contribution < -0.4 is 10.1 Å². The molecule has 1 aliphatic rings. The highest BCUT2D eigenvalue weighted by atomic mass is 32.2. The van der Waals surface area contributed by atoms with Gasteiger partial charge in [-0.05, 0) is 36.4 Å². The number of hydrogen-bond acceptors (Lipinski definition) is 5. The van der Waals surface area contributed by atoms with E-state index in [0.29, 0.717) is 16.5 Å². The topological polar surface area (TPSA) is 71.0 Å². The monoisotopic (exact) mass is 355 g/mol. The Kier molecular flexibility index (Phi) is 5.04. The van der Waals surface area contributed by atoms with Crippen molar-refractivity contribution in [3.8, 4) is 5.75 Å². The second-order valence-corrected chi connectivity index (χ2v) is 6.42. The fourth-order valence-corrected chi connectivity index (χ4v) is 3.31. The first kappa shape index (κ1) is 17.0. The number of amides is 2. The minimum atomic E-state index is -0.845. The van der Waals surface area contributed by atoms with Crippen LogP contribution in [0.5, 0.6) is 5.75 Å². The molecule has 0 unspecified atom stereocenters. The van der Waals surface area contributed by atoms with Crippen LogP contribution in [0.3, 0.4) is 0 Å². The predicted molar refractivity (Wildman–Crippen MR) is 99.3 cm³/mol. The van der Waals surface area contributed by atoms with Gasteiger partial charge in [-0.15, -0.1) is 0 Å². The highest BCUT2D eigenvalue weighted by molar-refractivity contribution is 8.16. The summed E-state index contributed by atoms with van der Waals surface area (Å²) in [6, 6.07) is 16.2. The molecule has 2 aromatic carbocycles. The van der Waals surface area contributed by atoms with Gasteiger partial charge in [-0.1, -0.05) is 30.0 Å². The van der Waals surface area contributed by atoms with E-state index in [4.69, 9.17) is 4.74 Å². The quantitative estimate of drug-likeness (QED) is 0.856. The number of thioether (sulfide) groups is 1. The van der Waals surface area contributed by atoms with E-state index in [1.807, 2.05) is 18.2 Å². The molecule has 1 atom stereocenters. The number of ether oxygens (including phenoxy) is 1. The molecule has 1 heterocycles. The number of methoxy groups -OCH3 is 1. The Balaban J connectivity index is 1.74. The summed E-state index contributed by atoms with van der Waals surface area (Å²) in [5.74, 6) is 0.0891. The summed E-state index contributed by atoms with van der Waals surface area (Å²) in [5, 5.41) is 2.40. The van der Waals surface area contributed by atoms with Crippen LogP contribution in [0.1, 0.15) is 0 Å². The van der Waals surface area contributed by atoms with E-state index in [2.05, 4.69) is 10.3 Å². The Labute approximate surface area is 149 Å². The van der Waals surface area contributed by atoms with Crippen LogP contribution in [0, 0.1) is 0 Å². The summed E-state index contributed by atoms with van der Waals surface area (Å²) in [6.45, 7) is 0. The van der Waals surface area contributed by atoms with E-state index in [0.717, 1.165) is 17.5 Å². The molecular weight excluding hydrogens is 338 g/mol. The van der Waals surface area contributed by atoms with Gasteiger partial charge in [0, 0.05) is 12.7 Å². The number of para-hydroxylation sites is 1. The molecule has 0 aromatic heterocycles. The average molecular weight is 355 g/mol. The number of nitrogens with one attached hydrogen (secondary N) is 1. The van der Waals surface area contributed by atoms with Crippen molar-refractivity contribution in [2.45, 2.75) is 5.25 Å². The highest BCUT2D eigenvalue weighted by Crippen LogP contribution is 2.30. The van der Waals surface area contributed by atoms with Gasteiger partial charge in [0.15, 0.2) is 10.4 Å². The largest absolute Gasteiger partial charge is 0.497 e. The first-order valence-electron chi connectivity index (χ1n) is 7.61. The van der Waals surface area contributed by atoms with Crippen LogP contribution in [-0.2, 0) is 9.59 Å². The zero-order chi connectivity index (χ0) is 17.8. The molecule has 6 nitrogen and oxygen atoms in total. The number of rotatable bonds is 4. The van der Waals surface area contributed by atoms with Crippen molar-refractivity contribution in [1.29, 1.82) is 0 Å². The van der Waals surface area contributed by atoms with Gasteiger partial charge in [-0.3, -0.25) is 14.5 Å². The lowest BCUT2D eigenvalue weighted by Crippen LogP contribution is -2.35. The van der Waals surface area contributed by atoms with Gasteiger partial charge in [-0.2, -0.15) is 0 Å². The Morgan fingerprint density at radius 2 is 1.84 bits per heavy atom. The lowest BCUT2D eigenvalue weighted by Gasteiger charge is -2.09. The fourth-order valence-electron chi connectivity index (χ4n) is 2.27. The number of amidine groups is 1. The molecule has 0 spiro atoms. The molecular formula is C18H17N3O3S. The highest BCUT2D eigenvalue weighted by Gasteiger charge is 2.40. The number of nitrogens with zero attached hydrogens (tertiary/aromatic N) is 2. The van der Waals surface area contributed by atoms with Crippen molar-refractivity contribution in [3.05, 3.63) is 54.6 Å². The molecule has 0 saturated carbocycles. The molecule has 1 fully saturated rings. The van der Waals surface area contributed by atoms with Gasteiger partial charge >= 0.3 is 0 Å². The third-order valence-electron chi connectivity index (χ3n) is 3.64. The Hall–Kier alpha value is -2.80. The molecule has 7 heteroatoms. The number of hydrogen-bond donors (Lipinski definition) is 1. The van der Waals surface area contributed by atoms with Crippen LogP contribution in [-0.4, -0.2) is 41.3 Å². The van der Waals surface area contributed by atoms with Crippen LogP contribution in [0.15, 0.2) is 59.6 Å². The molecule has 25 heavy (non-hydrogen) atoms. The van der Waals surface area contributed by atoms with Crippen molar-refractivity contribution in [2.24, 2.45) is 4.99 Å². The number of benzene rings is 2. The van der Waals surface area contributed by atoms with Gasteiger partial charge < -0.3 is 10.1 Å². The van der Waals surface area contributed by atoms with Crippen molar-refractivity contribution < 1.29 is 14.3 Å². The number of anilines is 1. The van der Waals surface area contributed by atoms with E-state index in [9.17, 15) is 9.59 Å². The molecule has 1 aliphatic heterocycles. The zero-order valence-corrected chi connectivity index (χ0v) is 14.6. The van der Waals surface area contributed by atoms with Crippen molar-refractivity contribution >= 4 is 40.1 Å². The second kappa shape index (κ2) is 7.40. The van der Waals surface area contributed by atoms with Crippen LogP contribution in [0.25, 0.3) is 0 Å². The Morgan fingerprint density at radius 3 is 2.48 bits per heavy atom. The van der Waals surface area contributed by atoms with E-state index < -0.39 is 5.25 Å². The molecule has 2 amide bonds. The molecule has 1 N–H and O–H groups in total. The molecule has 3 rings (SSSR count). The fraction of sp³-hybridized carbons (Fsp3) is 0.167. The maximum Gasteiger partial charge on any atom is 0.251 e. The maximum absolute atomic E-state index is 12.4. The average Bonchev–Trinajstić information content (AvgIpc) is 2.92. The predicted octanol–water partition coefficient (Wildman–Crippen LogP) is 2.90. The van der Waals surface area contributed by atoms with Crippen LogP contribution >= 0.6 is 11.8 Å². The van der Waals surface area contributed by atoms with E-state index >= 15 is 0 Å². The summed E-state index contributed by atoms with van der Waals surface area (Å²) < 4.78 is 5.11. The van der Waals surface area contributed by atoms with Gasteiger partial charge in [0.1, 0.15) is 5.75 Å². The van der Waals surface area contributed by atoms with Gasteiger partial charge in [0.25, 0.3) is 5.91 Å². The first-order valence-corrected chi connectivity index (χ1v) is 8.49. The summed E-state index contributed by atoms with van der Waals surface area (Å²) in [6.07, 6.45) is 0. The summed E-state index contributed by atoms with van der Waals surface area (Å²) in [7, 11) is 3.21. The number of carbonyl (C=O) groups is 2. The lowest BCUT2D eigenvalue weighted by atomic mass is 10.3. The SMILES string of the molecule is COc1ccc(N=C2S[C@H](C(=O)Nc3ccccc3)C(=O)N2C)cc1. The van der Waals surface area contributed by atoms with E-state index in [1.54, 1.807) is 50.6 Å².